The van der Waals surface area contributed by atoms with E-state index in [4.69, 9.17) is 37.3 Å². The number of fused-ring (bicyclic) bond motifs is 2. The van der Waals surface area contributed by atoms with E-state index in [-0.39, 0.29) is 43.5 Å². The van der Waals surface area contributed by atoms with Crippen LogP contribution in [0.15, 0.2) is 35.5 Å². The molecule has 0 aromatic heterocycles. The molecule has 2 aromatic rings. The zero-order chi connectivity index (χ0) is 26.8. The summed E-state index contributed by atoms with van der Waals surface area (Å²) in [6, 6.07) is 6.66. The topological polar surface area (TPSA) is 88.4 Å². The number of ether oxygens (including phenoxy) is 1. The maximum atomic E-state index is 14.3. The Morgan fingerprint density at radius 2 is 1.86 bits per heavy atom. The van der Waals surface area contributed by atoms with Gasteiger partial charge in [-0.2, -0.15) is 13.2 Å². The summed E-state index contributed by atoms with van der Waals surface area (Å²) in [4.78, 5) is 18.7. The Bertz CT molecular complexity index is 1330. The molecular weight excluding hydrogens is 563 g/mol. The summed E-state index contributed by atoms with van der Waals surface area (Å²) < 4.78 is 82.3. The molecule has 5 rings (SSSR count). The molecule has 1 fully saturated rings. The number of halogens is 6. The lowest BCUT2D eigenvalue weighted by atomic mass is 9.83. The lowest BCUT2D eigenvalue weighted by Gasteiger charge is -2.47. The van der Waals surface area contributed by atoms with E-state index in [0.29, 0.717) is 5.56 Å². The Kier molecular flexibility index (Phi) is 6.55. The zero-order valence-corrected chi connectivity index (χ0v) is 21.1. The number of carbonyl (C=O) groups excluding carboxylic acids is 1. The van der Waals surface area contributed by atoms with Crippen molar-refractivity contribution in [2.75, 3.05) is 18.8 Å². The second-order valence-corrected chi connectivity index (χ2v) is 10.9. The average Bonchev–Trinajstić information content (AvgIpc) is 3.42. The Balaban J connectivity index is 1.36. The molecule has 3 heterocycles. The standard InChI is InChI=1S/C23H18Cl2F4N2O5S/c24-16-6-14(7-17(25)20(16)26)22(23(27,28)29)8-18(30-36-22)12-1-2-15-13(5-12)9-35-21(15)10-31(11-21)19(32)3-4-37(33)34/h1-2,5-7H,3-4,8-11H2,(H,33,34)/t22-/m0/s1. The summed E-state index contributed by atoms with van der Waals surface area (Å²) in [6.45, 7) is 0.723. The summed E-state index contributed by atoms with van der Waals surface area (Å²) in [5.74, 6) is -1.44. The predicted octanol–water partition coefficient (Wildman–Crippen LogP) is 4.89. The summed E-state index contributed by atoms with van der Waals surface area (Å²) in [7, 11) is 0. The third-order valence-corrected chi connectivity index (χ3v) is 7.91. The van der Waals surface area contributed by atoms with Crippen molar-refractivity contribution in [1.29, 1.82) is 0 Å². The fraction of sp³-hybridized carbons (Fsp3) is 0.391. The van der Waals surface area contributed by atoms with Crippen molar-refractivity contribution in [3.63, 3.8) is 0 Å². The van der Waals surface area contributed by atoms with Crippen LogP contribution >= 0.6 is 23.2 Å². The quantitative estimate of drug-likeness (QED) is 0.309. The number of alkyl halides is 3. The molecule has 3 aliphatic rings. The predicted molar refractivity (Wildman–Crippen MR) is 126 cm³/mol. The lowest BCUT2D eigenvalue weighted by molar-refractivity contribution is -0.275. The molecule has 1 amide bonds. The molecule has 1 N–H and O–H groups in total. The van der Waals surface area contributed by atoms with Crippen molar-refractivity contribution in [2.45, 2.75) is 36.8 Å². The monoisotopic (exact) mass is 580 g/mol. The van der Waals surface area contributed by atoms with Gasteiger partial charge in [0.1, 0.15) is 5.60 Å². The average molecular weight is 581 g/mol. The summed E-state index contributed by atoms with van der Waals surface area (Å²) >= 11 is 9.44. The van der Waals surface area contributed by atoms with Crippen LogP contribution in [0.2, 0.25) is 10.0 Å². The van der Waals surface area contributed by atoms with Crippen LogP contribution in [0, 0.1) is 5.82 Å². The van der Waals surface area contributed by atoms with Crippen LogP contribution < -0.4 is 0 Å². The first kappa shape index (κ1) is 26.4. The zero-order valence-electron chi connectivity index (χ0n) is 18.8. The molecule has 0 saturated carbocycles. The Morgan fingerprint density at radius 1 is 1.19 bits per heavy atom. The highest BCUT2D eigenvalue weighted by molar-refractivity contribution is 7.79. The number of likely N-dealkylation sites (tertiary alicyclic amines) is 1. The van der Waals surface area contributed by atoms with Gasteiger partial charge in [-0.05, 0) is 34.9 Å². The van der Waals surface area contributed by atoms with Gasteiger partial charge in [-0.1, -0.05) is 40.5 Å². The minimum atomic E-state index is -4.92. The molecule has 2 aromatic carbocycles. The van der Waals surface area contributed by atoms with Gasteiger partial charge in [0.25, 0.3) is 5.60 Å². The van der Waals surface area contributed by atoms with Gasteiger partial charge < -0.3 is 19.0 Å². The number of benzene rings is 2. The highest BCUT2D eigenvalue weighted by atomic mass is 35.5. The maximum absolute atomic E-state index is 14.3. The van der Waals surface area contributed by atoms with Gasteiger partial charge in [-0.15, -0.1) is 0 Å². The van der Waals surface area contributed by atoms with Crippen LogP contribution in [0.4, 0.5) is 17.6 Å². The second kappa shape index (κ2) is 9.19. The molecular formula is C23H18Cl2F4N2O5S. The fourth-order valence-corrected chi connectivity index (χ4v) is 5.66. The Labute approximate surface area is 220 Å². The molecule has 1 saturated heterocycles. The molecule has 198 valence electrons. The first-order valence-corrected chi connectivity index (χ1v) is 13.0. The minimum Gasteiger partial charge on any atom is -0.374 e. The van der Waals surface area contributed by atoms with Crippen molar-refractivity contribution in [1.82, 2.24) is 4.90 Å². The number of nitrogens with zero attached hydrogens (tertiary/aromatic N) is 2. The van der Waals surface area contributed by atoms with E-state index in [1.165, 1.54) is 4.90 Å². The molecule has 0 bridgehead atoms. The van der Waals surface area contributed by atoms with Crippen LogP contribution in [0.1, 0.15) is 35.1 Å². The highest BCUT2D eigenvalue weighted by Crippen LogP contribution is 2.50. The van der Waals surface area contributed by atoms with Crippen molar-refractivity contribution >= 4 is 45.9 Å². The lowest BCUT2D eigenvalue weighted by Crippen LogP contribution is -2.61. The van der Waals surface area contributed by atoms with Crippen molar-refractivity contribution in [3.05, 3.63) is 68.4 Å². The van der Waals surface area contributed by atoms with E-state index in [1.54, 1.807) is 18.2 Å². The van der Waals surface area contributed by atoms with Crippen molar-refractivity contribution in [3.8, 4) is 0 Å². The number of carbonyl (C=O) groups is 1. The van der Waals surface area contributed by atoms with Crippen LogP contribution in [-0.4, -0.2) is 50.3 Å². The molecule has 3 aliphatic heterocycles. The van der Waals surface area contributed by atoms with E-state index in [2.05, 4.69) is 5.16 Å². The Hall–Kier alpha value is -2.25. The normalized spacial score (nSPS) is 22.9. The molecule has 14 heteroatoms. The summed E-state index contributed by atoms with van der Waals surface area (Å²) in [6.07, 6.45) is -5.67. The molecule has 1 spiro atoms. The largest absolute Gasteiger partial charge is 0.435 e. The molecule has 0 radical (unpaired) electrons. The number of hydrogen-bond acceptors (Lipinski definition) is 5. The summed E-state index contributed by atoms with van der Waals surface area (Å²) in [5.41, 5.74) is -2.13. The molecule has 1 unspecified atom stereocenters. The van der Waals surface area contributed by atoms with Gasteiger partial charge in [0, 0.05) is 18.4 Å². The first-order chi connectivity index (χ1) is 17.3. The fourth-order valence-electron chi connectivity index (χ4n) is 4.82. The van der Waals surface area contributed by atoms with Crippen LogP contribution in [0.25, 0.3) is 0 Å². The summed E-state index contributed by atoms with van der Waals surface area (Å²) in [5, 5.41) is 2.59. The number of rotatable bonds is 5. The van der Waals surface area contributed by atoms with E-state index < -0.39 is 56.3 Å². The van der Waals surface area contributed by atoms with E-state index >= 15 is 0 Å². The molecule has 0 aliphatic carbocycles. The van der Waals surface area contributed by atoms with Gasteiger partial charge in [0.05, 0.1) is 41.2 Å². The molecule has 2 atom stereocenters. The smallest absolute Gasteiger partial charge is 0.374 e. The first-order valence-electron chi connectivity index (χ1n) is 10.9. The third kappa shape index (κ3) is 4.42. The van der Waals surface area contributed by atoms with Gasteiger partial charge in [0.15, 0.2) is 16.9 Å². The second-order valence-electron chi connectivity index (χ2n) is 9.06. The van der Waals surface area contributed by atoms with Gasteiger partial charge in [0.2, 0.25) is 5.91 Å². The molecule has 37 heavy (non-hydrogen) atoms. The number of amides is 1. The van der Waals surface area contributed by atoms with Crippen molar-refractivity contribution in [2.24, 2.45) is 5.16 Å². The maximum Gasteiger partial charge on any atom is 0.435 e. The van der Waals surface area contributed by atoms with Gasteiger partial charge >= 0.3 is 6.18 Å². The SMILES string of the molecule is O=C(CCS(=O)O)N1CC2(C1)OCc1cc(C3=NO[C@@](c4cc(Cl)c(F)c(Cl)c4)(C(F)(F)F)C3)ccc12. The number of hydrogen-bond donors (Lipinski definition) is 1. The molecule has 7 nitrogen and oxygen atoms in total. The van der Waals surface area contributed by atoms with Gasteiger partial charge in [-0.25, -0.2) is 8.60 Å². The van der Waals surface area contributed by atoms with Crippen LogP contribution in [-0.2, 0) is 43.3 Å². The van der Waals surface area contributed by atoms with Crippen molar-refractivity contribution < 1.29 is 40.7 Å². The minimum absolute atomic E-state index is 0.0278. The third-order valence-electron chi connectivity index (χ3n) is 6.81. The van der Waals surface area contributed by atoms with Crippen LogP contribution in [0.3, 0.4) is 0 Å². The van der Waals surface area contributed by atoms with Crippen LogP contribution in [0.5, 0.6) is 0 Å². The highest BCUT2D eigenvalue weighted by Gasteiger charge is 2.62. The van der Waals surface area contributed by atoms with Gasteiger partial charge in [-0.3, -0.25) is 4.79 Å². The Morgan fingerprint density at radius 3 is 2.49 bits per heavy atom. The number of oxime groups is 1. The van der Waals surface area contributed by atoms with E-state index in [9.17, 15) is 26.6 Å². The van der Waals surface area contributed by atoms with E-state index in [0.717, 1.165) is 23.3 Å². The van der Waals surface area contributed by atoms with E-state index in [1.807, 2.05) is 0 Å².